The lowest BCUT2D eigenvalue weighted by molar-refractivity contribution is -0.116. The van der Waals surface area contributed by atoms with Gasteiger partial charge in [-0.15, -0.1) is 0 Å². The lowest BCUT2D eigenvalue weighted by Gasteiger charge is -2.19. The first-order valence-electron chi connectivity index (χ1n) is 5.20. The number of pyridine rings is 1. The van der Waals surface area contributed by atoms with Gasteiger partial charge in [0.25, 0.3) is 0 Å². The molecule has 2 heterocycles. The van der Waals surface area contributed by atoms with Gasteiger partial charge < -0.3 is 9.53 Å². The molecule has 80 valence electrons. The zero-order valence-electron chi connectivity index (χ0n) is 8.90. The number of aromatic nitrogens is 1. The van der Waals surface area contributed by atoms with Crippen LogP contribution >= 0.6 is 0 Å². The zero-order chi connectivity index (χ0) is 10.7. The molecule has 0 N–H and O–H groups in total. The van der Waals surface area contributed by atoms with E-state index in [4.69, 9.17) is 4.74 Å². The summed E-state index contributed by atoms with van der Waals surface area (Å²) in [5.74, 6) is 0. The van der Waals surface area contributed by atoms with Crippen molar-refractivity contribution in [1.82, 2.24) is 4.98 Å². The van der Waals surface area contributed by atoms with Crippen LogP contribution in [0.1, 0.15) is 17.7 Å². The Hall–Kier alpha value is -1.22. The van der Waals surface area contributed by atoms with E-state index in [1.165, 1.54) is 0 Å². The number of aryl methyl sites for hydroxylation is 1. The Morgan fingerprint density at radius 1 is 1.67 bits per heavy atom. The minimum absolute atomic E-state index is 0.334. The molecule has 0 saturated carbocycles. The lowest BCUT2D eigenvalue weighted by atomic mass is 9.83. The number of carbonyl (C=O) groups excluding carboxylic acids is 1. The molecule has 1 unspecified atom stereocenters. The average molecular weight is 205 g/mol. The van der Waals surface area contributed by atoms with Crippen LogP contribution in [0, 0.1) is 12.3 Å². The quantitative estimate of drug-likeness (QED) is 0.703. The van der Waals surface area contributed by atoms with Crippen LogP contribution in [0.4, 0.5) is 0 Å². The second kappa shape index (κ2) is 4.11. The molecular formula is C12H15NO2. The van der Waals surface area contributed by atoms with Gasteiger partial charge in [-0.25, -0.2) is 0 Å². The van der Waals surface area contributed by atoms with E-state index in [-0.39, 0.29) is 5.41 Å². The Morgan fingerprint density at radius 3 is 3.13 bits per heavy atom. The van der Waals surface area contributed by atoms with Crippen molar-refractivity contribution in [2.24, 2.45) is 5.41 Å². The van der Waals surface area contributed by atoms with Gasteiger partial charge in [-0.05, 0) is 25.0 Å². The van der Waals surface area contributed by atoms with E-state index in [2.05, 4.69) is 4.98 Å². The molecule has 1 aromatic rings. The molecule has 0 radical (unpaired) electrons. The Morgan fingerprint density at radius 2 is 2.53 bits per heavy atom. The van der Waals surface area contributed by atoms with Crippen molar-refractivity contribution in [3.63, 3.8) is 0 Å². The first-order valence-corrected chi connectivity index (χ1v) is 5.20. The summed E-state index contributed by atoms with van der Waals surface area (Å²) in [5.41, 5.74) is 1.82. The summed E-state index contributed by atoms with van der Waals surface area (Å²) in [6.07, 6.45) is 4.32. The van der Waals surface area contributed by atoms with Crippen molar-refractivity contribution in [3.8, 4) is 0 Å². The van der Waals surface area contributed by atoms with Crippen molar-refractivity contribution in [2.45, 2.75) is 19.8 Å². The van der Waals surface area contributed by atoms with Gasteiger partial charge in [-0.2, -0.15) is 0 Å². The molecule has 0 spiro atoms. The third kappa shape index (κ3) is 2.07. The van der Waals surface area contributed by atoms with Crippen LogP contribution in [0.25, 0.3) is 0 Å². The predicted octanol–water partition coefficient (Wildman–Crippen LogP) is 1.54. The van der Waals surface area contributed by atoms with Gasteiger partial charge in [0.15, 0.2) is 0 Å². The van der Waals surface area contributed by atoms with Crippen LogP contribution in [-0.2, 0) is 16.0 Å². The average Bonchev–Trinajstić information content (AvgIpc) is 2.71. The zero-order valence-corrected chi connectivity index (χ0v) is 8.90. The van der Waals surface area contributed by atoms with Crippen LogP contribution in [0.3, 0.4) is 0 Å². The third-order valence-electron chi connectivity index (χ3n) is 3.02. The molecule has 15 heavy (non-hydrogen) atoms. The van der Waals surface area contributed by atoms with E-state index in [9.17, 15) is 4.79 Å². The van der Waals surface area contributed by atoms with Gasteiger partial charge in [0, 0.05) is 24.9 Å². The van der Waals surface area contributed by atoms with Crippen LogP contribution in [-0.4, -0.2) is 24.5 Å². The summed E-state index contributed by atoms with van der Waals surface area (Å²) < 4.78 is 5.30. The molecule has 1 aromatic heterocycles. The molecule has 0 aliphatic carbocycles. The SMILES string of the molecule is Cc1cccnc1CC1(C=O)CCOC1. The molecule has 3 heteroatoms. The summed E-state index contributed by atoms with van der Waals surface area (Å²) in [7, 11) is 0. The molecule has 3 nitrogen and oxygen atoms in total. The third-order valence-corrected chi connectivity index (χ3v) is 3.02. The standard InChI is InChI=1S/C12H15NO2/c1-10-3-2-5-13-11(10)7-12(8-14)4-6-15-9-12/h2-3,5,8H,4,6-7,9H2,1H3. The minimum Gasteiger partial charge on any atom is -0.380 e. The number of ether oxygens (including phenoxy) is 1. The van der Waals surface area contributed by atoms with E-state index < -0.39 is 0 Å². The van der Waals surface area contributed by atoms with E-state index in [1.807, 2.05) is 19.1 Å². The Kier molecular flexibility index (Phi) is 2.82. The highest BCUT2D eigenvalue weighted by atomic mass is 16.5. The molecule has 1 atom stereocenters. The van der Waals surface area contributed by atoms with Crippen LogP contribution in [0.2, 0.25) is 0 Å². The maximum Gasteiger partial charge on any atom is 0.128 e. The van der Waals surface area contributed by atoms with Gasteiger partial charge in [0.2, 0.25) is 0 Å². The normalized spacial score (nSPS) is 25.4. The van der Waals surface area contributed by atoms with Gasteiger partial charge in [0.05, 0.1) is 12.0 Å². The fourth-order valence-electron chi connectivity index (χ4n) is 1.93. The fourth-order valence-corrected chi connectivity index (χ4v) is 1.93. The molecule has 0 aromatic carbocycles. The Labute approximate surface area is 89.5 Å². The van der Waals surface area contributed by atoms with Crippen LogP contribution in [0.5, 0.6) is 0 Å². The van der Waals surface area contributed by atoms with E-state index >= 15 is 0 Å². The first-order chi connectivity index (χ1) is 7.26. The topological polar surface area (TPSA) is 39.2 Å². The largest absolute Gasteiger partial charge is 0.380 e. The Balaban J connectivity index is 2.20. The highest BCUT2D eigenvalue weighted by Gasteiger charge is 2.35. The van der Waals surface area contributed by atoms with E-state index in [0.717, 1.165) is 24.0 Å². The van der Waals surface area contributed by atoms with E-state index in [0.29, 0.717) is 19.6 Å². The van der Waals surface area contributed by atoms with E-state index in [1.54, 1.807) is 6.20 Å². The molecule has 1 saturated heterocycles. The summed E-state index contributed by atoms with van der Waals surface area (Å²) in [6, 6.07) is 3.94. The summed E-state index contributed by atoms with van der Waals surface area (Å²) in [5, 5.41) is 0. The van der Waals surface area contributed by atoms with Gasteiger partial charge in [-0.1, -0.05) is 6.07 Å². The van der Waals surface area contributed by atoms with Gasteiger partial charge >= 0.3 is 0 Å². The van der Waals surface area contributed by atoms with Crippen LogP contribution in [0.15, 0.2) is 18.3 Å². The second-order valence-electron chi connectivity index (χ2n) is 4.23. The molecule has 1 fully saturated rings. The molecule has 0 bridgehead atoms. The monoisotopic (exact) mass is 205 g/mol. The predicted molar refractivity (Wildman–Crippen MR) is 56.6 cm³/mol. The number of hydrogen-bond acceptors (Lipinski definition) is 3. The number of rotatable bonds is 3. The maximum absolute atomic E-state index is 11.1. The highest BCUT2D eigenvalue weighted by molar-refractivity contribution is 5.61. The fraction of sp³-hybridized carbons (Fsp3) is 0.500. The lowest BCUT2D eigenvalue weighted by Crippen LogP contribution is -2.26. The van der Waals surface area contributed by atoms with Gasteiger partial charge in [0.1, 0.15) is 6.29 Å². The maximum atomic E-state index is 11.1. The Bertz CT molecular complexity index is 356. The molecule has 1 aliphatic rings. The molecular weight excluding hydrogens is 190 g/mol. The number of carbonyl (C=O) groups is 1. The number of nitrogens with zero attached hydrogens (tertiary/aromatic N) is 1. The first kappa shape index (κ1) is 10.3. The molecule has 1 aliphatic heterocycles. The smallest absolute Gasteiger partial charge is 0.128 e. The van der Waals surface area contributed by atoms with Crippen molar-refractivity contribution in [1.29, 1.82) is 0 Å². The van der Waals surface area contributed by atoms with Gasteiger partial charge in [-0.3, -0.25) is 4.98 Å². The summed E-state index contributed by atoms with van der Waals surface area (Å²) in [6.45, 7) is 3.24. The number of hydrogen-bond donors (Lipinski definition) is 0. The van der Waals surface area contributed by atoms with Crippen LogP contribution < -0.4 is 0 Å². The molecule has 2 rings (SSSR count). The van der Waals surface area contributed by atoms with Crippen molar-refractivity contribution in [3.05, 3.63) is 29.6 Å². The van der Waals surface area contributed by atoms with Crippen molar-refractivity contribution < 1.29 is 9.53 Å². The van der Waals surface area contributed by atoms with Crippen molar-refractivity contribution >= 4 is 6.29 Å². The number of aldehydes is 1. The summed E-state index contributed by atoms with van der Waals surface area (Å²) in [4.78, 5) is 15.5. The second-order valence-corrected chi connectivity index (χ2v) is 4.23. The molecule has 0 amide bonds. The van der Waals surface area contributed by atoms with Crippen molar-refractivity contribution in [2.75, 3.05) is 13.2 Å². The highest BCUT2D eigenvalue weighted by Crippen LogP contribution is 2.30. The summed E-state index contributed by atoms with van der Waals surface area (Å²) >= 11 is 0. The minimum atomic E-state index is -0.334.